The van der Waals surface area contributed by atoms with Crippen molar-refractivity contribution < 1.29 is 36.2 Å². The van der Waals surface area contributed by atoms with Crippen LogP contribution in [0.3, 0.4) is 0 Å². The van der Waals surface area contributed by atoms with Crippen molar-refractivity contribution in [2.75, 3.05) is 27.1 Å². The summed E-state index contributed by atoms with van der Waals surface area (Å²) >= 11 is 0. The molecule has 0 heterocycles. The van der Waals surface area contributed by atoms with Crippen LogP contribution in [0.15, 0.2) is 0 Å². The van der Waals surface area contributed by atoms with E-state index >= 15 is 0 Å². The van der Waals surface area contributed by atoms with E-state index in [-0.39, 0.29) is 6.54 Å². The number of amides is 1. The van der Waals surface area contributed by atoms with Crippen LogP contribution in [0.2, 0.25) is 0 Å². The second-order valence-electron chi connectivity index (χ2n) is 3.00. The molecule has 0 saturated heterocycles. The van der Waals surface area contributed by atoms with Gasteiger partial charge in [0.15, 0.2) is 6.67 Å². The van der Waals surface area contributed by atoms with Gasteiger partial charge in [-0.05, 0) is 6.92 Å². The van der Waals surface area contributed by atoms with Gasteiger partial charge < -0.3 is 9.47 Å². The molecule has 0 rings (SSSR count). The maximum atomic E-state index is 12.7. The van der Waals surface area contributed by atoms with Crippen molar-refractivity contribution in [3.8, 4) is 0 Å². The Labute approximate surface area is 94.3 Å². The molecule has 0 bridgehead atoms. The van der Waals surface area contributed by atoms with Gasteiger partial charge in [-0.3, -0.25) is 4.90 Å². The van der Waals surface area contributed by atoms with E-state index in [4.69, 9.17) is 0 Å². The average Bonchev–Trinajstić information content (AvgIpc) is 2.24. The normalized spacial score (nSPS) is 12.4. The summed E-state index contributed by atoms with van der Waals surface area (Å²) in [5.74, 6) is -5.06. The lowest BCUT2D eigenvalue weighted by molar-refractivity contribution is -0.327. The Morgan fingerprint density at radius 1 is 1.29 bits per heavy atom. The number of carbonyl (C=O) groups is 1. The zero-order valence-corrected chi connectivity index (χ0v) is 9.18. The molecule has 0 saturated carbocycles. The van der Waals surface area contributed by atoms with E-state index in [0.29, 0.717) is 4.90 Å². The van der Waals surface area contributed by atoms with Crippen molar-refractivity contribution in [3.05, 3.63) is 0 Å². The number of nitrogens with zero attached hydrogens (tertiary/aromatic N) is 1. The summed E-state index contributed by atoms with van der Waals surface area (Å²) in [4.78, 5) is 11.6. The second kappa shape index (κ2) is 5.99. The molecule has 0 aliphatic heterocycles. The summed E-state index contributed by atoms with van der Waals surface area (Å²) in [5, 5.41) is 0. The lowest BCUT2D eigenvalue weighted by Crippen LogP contribution is -2.48. The fraction of sp³-hybridized carbons (Fsp3) is 0.875. The fourth-order valence-electron chi connectivity index (χ4n) is 0.756. The first-order chi connectivity index (χ1) is 7.71. The van der Waals surface area contributed by atoms with E-state index in [1.807, 2.05) is 0 Å². The molecule has 0 unspecified atom stereocenters. The minimum Gasteiger partial charge on any atom is -0.379 e. The van der Waals surface area contributed by atoms with Gasteiger partial charge in [0.2, 0.25) is 0 Å². The van der Waals surface area contributed by atoms with Crippen LogP contribution in [0.1, 0.15) is 6.92 Å². The number of carbonyl (C=O) groups excluding carboxylic acids is 1. The summed E-state index contributed by atoms with van der Waals surface area (Å²) in [6.45, 7) is -1.74. The number of alkyl halides is 5. The van der Waals surface area contributed by atoms with Crippen molar-refractivity contribution in [1.29, 1.82) is 0 Å². The topological polar surface area (TPSA) is 38.8 Å². The van der Waals surface area contributed by atoms with Gasteiger partial charge in [0, 0.05) is 13.7 Å². The summed E-state index contributed by atoms with van der Waals surface area (Å²) in [6, 6.07) is 0. The van der Waals surface area contributed by atoms with Crippen LogP contribution in [0, 0.1) is 0 Å². The van der Waals surface area contributed by atoms with Gasteiger partial charge in [-0.1, -0.05) is 0 Å². The SMILES string of the molecule is CCN(COC)C(=O)OC(F)(F)C(F)(F)CF. The largest absolute Gasteiger partial charge is 0.470 e. The highest BCUT2D eigenvalue weighted by Gasteiger charge is 2.61. The fourth-order valence-corrected chi connectivity index (χ4v) is 0.756. The highest BCUT2D eigenvalue weighted by molar-refractivity contribution is 5.67. The second-order valence-corrected chi connectivity index (χ2v) is 3.00. The Morgan fingerprint density at radius 2 is 1.82 bits per heavy atom. The summed E-state index contributed by atoms with van der Waals surface area (Å²) in [6.07, 6.45) is -6.92. The number of methoxy groups -OCH3 is 1. The highest BCUT2D eigenvalue weighted by atomic mass is 19.3. The molecule has 102 valence electrons. The third-order valence-corrected chi connectivity index (χ3v) is 1.73. The number of ether oxygens (including phenoxy) is 2. The van der Waals surface area contributed by atoms with Crippen LogP contribution in [0.25, 0.3) is 0 Å². The van der Waals surface area contributed by atoms with Crippen LogP contribution in [0.4, 0.5) is 26.7 Å². The molecule has 9 heteroatoms. The molecule has 0 aromatic rings. The van der Waals surface area contributed by atoms with E-state index in [1.54, 1.807) is 0 Å². The van der Waals surface area contributed by atoms with Gasteiger partial charge in [0.25, 0.3) is 0 Å². The van der Waals surface area contributed by atoms with Gasteiger partial charge in [0.1, 0.15) is 6.73 Å². The van der Waals surface area contributed by atoms with Crippen LogP contribution in [0.5, 0.6) is 0 Å². The van der Waals surface area contributed by atoms with E-state index in [2.05, 4.69) is 9.47 Å². The van der Waals surface area contributed by atoms with Crippen LogP contribution in [-0.4, -0.2) is 50.1 Å². The third-order valence-electron chi connectivity index (χ3n) is 1.73. The predicted octanol–water partition coefficient (Wildman–Crippen LogP) is 2.25. The van der Waals surface area contributed by atoms with Crippen LogP contribution < -0.4 is 0 Å². The van der Waals surface area contributed by atoms with E-state index in [9.17, 15) is 26.7 Å². The molecule has 1 amide bonds. The van der Waals surface area contributed by atoms with Crippen molar-refractivity contribution in [1.82, 2.24) is 4.90 Å². The van der Waals surface area contributed by atoms with Gasteiger partial charge in [-0.2, -0.15) is 17.6 Å². The molecule has 17 heavy (non-hydrogen) atoms. The standard InChI is InChI=1S/C8H12F5NO3/c1-3-14(5-16-2)6(15)17-8(12,13)7(10,11)4-9/h3-5H2,1-2H3. The molecule has 0 aliphatic rings. The molecule has 0 aromatic carbocycles. The minimum atomic E-state index is -5.21. The summed E-state index contributed by atoms with van der Waals surface area (Å²) in [5.41, 5.74) is 0. The monoisotopic (exact) mass is 265 g/mol. The highest BCUT2D eigenvalue weighted by Crippen LogP contribution is 2.36. The van der Waals surface area contributed by atoms with E-state index in [0.717, 1.165) is 0 Å². The first-order valence-electron chi connectivity index (χ1n) is 4.50. The Bertz CT molecular complexity index is 262. The van der Waals surface area contributed by atoms with E-state index in [1.165, 1.54) is 14.0 Å². The van der Waals surface area contributed by atoms with E-state index < -0.39 is 31.5 Å². The van der Waals surface area contributed by atoms with Gasteiger partial charge in [-0.15, -0.1) is 0 Å². The molecule has 0 aliphatic carbocycles. The van der Waals surface area contributed by atoms with Gasteiger partial charge >= 0.3 is 18.1 Å². The number of halogens is 5. The maximum Gasteiger partial charge on any atom is 0.470 e. The molecule has 0 radical (unpaired) electrons. The lowest BCUT2D eigenvalue weighted by Gasteiger charge is -2.26. The Kier molecular flexibility index (Phi) is 5.59. The molecule has 0 spiro atoms. The Balaban J connectivity index is 4.65. The molecule has 0 atom stereocenters. The first-order valence-corrected chi connectivity index (χ1v) is 4.50. The quantitative estimate of drug-likeness (QED) is 0.546. The van der Waals surface area contributed by atoms with Gasteiger partial charge in [-0.25, -0.2) is 9.18 Å². The molecule has 0 N–H and O–H groups in total. The molecular formula is C8H12F5NO3. The number of hydrogen-bond donors (Lipinski definition) is 0. The maximum absolute atomic E-state index is 12.7. The minimum absolute atomic E-state index is 0.0933. The first kappa shape index (κ1) is 15.9. The molecule has 4 nitrogen and oxygen atoms in total. The number of hydrogen-bond acceptors (Lipinski definition) is 3. The predicted molar refractivity (Wildman–Crippen MR) is 46.6 cm³/mol. The zero-order valence-electron chi connectivity index (χ0n) is 9.18. The smallest absolute Gasteiger partial charge is 0.379 e. The van der Waals surface area contributed by atoms with Crippen molar-refractivity contribution in [3.63, 3.8) is 0 Å². The Hall–Kier alpha value is -1.12. The summed E-state index contributed by atoms with van der Waals surface area (Å²) in [7, 11) is 1.17. The van der Waals surface area contributed by atoms with Crippen molar-refractivity contribution >= 4 is 6.09 Å². The zero-order chi connectivity index (χ0) is 13.7. The van der Waals surface area contributed by atoms with Crippen molar-refractivity contribution in [2.24, 2.45) is 0 Å². The lowest BCUT2D eigenvalue weighted by atomic mass is 10.3. The number of rotatable bonds is 6. The molecule has 0 aromatic heterocycles. The molecular weight excluding hydrogens is 253 g/mol. The molecule has 0 fully saturated rings. The van der Waals surface area contributed by atoms with Crippen molar-refractivity contribution in [2.45, 2.75) is 19.0 Å². The van der Waals surface area contributed by atoms with Crippen LogP contribution >= 0.6 is 0 Å². The van der Waals surface area contributed by atoms with Gasteiger partial charge in [0.05, 0.1) is 0 Å². The summed E-state index contributed by atoms with van der Waals surface area (Å²) < 4.78 is 69.6. The third kappa shape index (κ3) is 3.99. The Morgan fingerprint density at radius 3 is 2.18 bits per heavy atom. The average molecular weight is 265 g/mol. The van der Waals surface area contributed by atoms with Crippen LogP contribution in [-0.2, 0) is 9.47 Å².